The lowest BCUT2D eigenvalue weighted by molar-refractivity contribution is -0.143. The van der Waals surface area contributed by atoms with Gasteiger partial charge in [0.05, 0.1) is 32.0 Å². The van der Waals surface area contributed by atoms with Crippen LogP contribution in [0.2, 0.25) is 0 Å². The molecule has 2 aromatic rings. The molecule has 1 aromatic heterocycles. The number of esters is 1. The van der Waals surface area contributed by atoms with Gasteiger partial charge in [-0.1, -0.05) is 6.07 Å². The third-order valence-electron chi connectivity index (χ3n) is 5.58. The summed E-state index contributed by atoms with van der Waals surface area (Å²) in [6, 6.07) is 4.73. The van der Waals surface area contributed by atoms with Crippen molar-refractivity contribution in [1.29, 1.82) is 0 Å². The first-order valence-corrected chi connectivity index (χ1v) is 11.1. The zero-order valence-electron chi connectivity index (χ0n) is 19.7. The number of nitrogens with one attached hydrogen (secondary N) is 1. The number of morpholine rings is 1. The second-order valence-electron chi connectivity index (χ2n) is 8.24. The van der Waals surface area contributed by atoms with E-state index < -0.39 is 12.0 Å². The highest BCUT2D eigenvalue weighted by Gasteiger charge is 2.35. The fourth-order valence-corrected chi connectivity index (χ4v) is 3.96. The second kappa shape index (κ2) is 10.1. The number of aromatic nitrogens is 3. The van der Waals surface area contributed by atoms with E-state index in [0.717, 1.165) is 5.56 Å². The van der Waals surface area contributed by atoms with Crippen LogP contribution in [-0.2, 0) is 19.1 Å². The smallest absolute Gasteiger partial charge is 0.338 e. The number of allylic oxidation sites excluding steroid dienone is 1. The monoisotopic (exact) mass is 471 g/mol. The number of amides is 1. The summed E-state index contributed by atoms with van der Waals surface area (Å²) in [5.41, 5.74) is 1.78. The number of carbonyl (C=O) groups excluding carboxylic acids is 2. The van der Waals surface area contributed by atoms with Crippen LogP contribution in [0.15, 0.2) is 35.8 Å². The van der Waals surface area contributed by atoms with E-state index in [2.05, 4.69) is 15.4 Å². The van der Waals surface area contributed by atoms with Crippen molar-refractivity contribution in [2.24, 2.45) is 0 Å². The van der Waals surface area contributed by atoms with E-state index in [1.54, 1.807) is 42.5 Å². The molecule has 34 heavy (non-hydrogen) atoms. The highest BCUT2D eigenvalue weighted by molar-refractivity contribution is 5.92. The zero-order chi connectivity index (χ0) is 24.2. The van der Waals surface area contributed by atoms with Crippen molar-refractivity contribution in [2.75, 3.05) is 45.3 Å². The van der Waals surface area contributed by atoms with Crippen LogP contribution in [-0.4, -0.2) is 77.7 Å². The molecule has 0 radical (unpaired) electrons. The molecule has 0 spiro atoms. The molecule has 0 saturated carbocycles. The van der Waals surface area contributed by atoms with Gasteiger partial charge >= 0.3 is 5.97 Å². The van der Waals surface area contributed by atoms with Gasteiger partial charge in [0.25, 0.3) is 5.91 Å². The summed E-state index contributed by atoms with van der Waals surface area (Å²) in [5, 5.41) is 7.43. The van der Waals surface area contributed by atoms with Gasteiger partial charge in [-0.3, -0.25) is 4.79 Å². The Morgan fingerprint density at radius 1 is 1.24 bits per heavy atom. The van der Waals surface area contributed by atoms with Crippen molar-refractivity contribution in [3.8, 4) is 11.5 Å². The average molecular weight is 472 g/mol. The molecule has 1 atom stereocenters. The maximum Gasteiger partial charge on any atom is 0.338 e. The molecule has 3 heterocycles. The number of ether oxygens (including phenoxy) is 4. The summed E-state index contributed by atoms with van der Waals surface area (Å²) in [4.78, 5) is 31.4. The molecule has 1 fully saturated rings. The summed E-state index contributed by atoms with van der Waals surface area (Å²) >= 11 is 0. The highest BCUT2D eigenvalue weighted by Crippen LogP contribution is 2.39. The Morgan fingerprint density at radius 3 is 2.71 bits per heavy atom. The quantitative estimate of drug-likeness (QED) is 0.603. The van der Waals surface area contributed by atoms with Crippen molar-refractivity contribution in [1.82, 2.24) is 19.7 Å². The predicted molar refractivity (Wildman–Crippen MR) is 122 cm³/mol. The fraction of sp³-hybridized carbons (Fsp3) is 0.478. The van der Waals surface area contributed by atoms with Gasteiger partial charge in [0.1, 0.15) is 12.4 Å². The molecular formula is C23H29N5O6. The number of benzene rings is 1. The lowest BCUT2D eigenvalue weighted by Crippen LogP contribution is -2.43. The molecule has 182 valence electrons. The Labute approximate surface area is 197 Å². The summed E-state index contributed by atoms with van der Waals surface area (Å²) in [6.07, 6.45) is 1.14. The number of hydrogen-bond acceptors (Lipinski definition) is 9. The van der Waals surface area contributed by atoms with Crippen molar-refractivity contribution in [3.05, 3.63) is 41.4 Å². The van der Waals surface area contributed by atoms with E-state index in [1.807, 2.05) is 6.07 Å². The Morgan fingerprint density at radius 2 is 2.00 bits per heavy atom. The van der Waals surface area contributed by atoms with Gasteiger partial charge in [0, 0.05) is 18.8 Å². The van der Waals surface area contributed by atoms with Crippen LogP contribution in [0.4, 0.5) is 5.95 Å². The summed E-state index contributed by atoms with van der Waals surface area (Å²) in [5.74, 6) is 0.812. The Balaban J connectivity index is 1.61. The van der Waals surface area contributed by atoms with E-state index in [1.165, 1.54) is 13.4 Å². The summed E-state index contributed by atoms with van der Waals surface area (Å²) in [7, 11) is 1.52. The van der Waals surface area contributed by atoms with Gasteiger partial charge < -0.3 is 29.2 Å². The number of rotatable bonds is 7. The van der Waals surface area contributed by atoms with Gasteiger partial charge in [-0.2, -0.15) is 10.1 Å². The normalized spacial score (nSPS) is 17.8. The number of nitrogens with zero attached hydrogens (tertiary/aromatic N) is 4. The standard InChI is InChI=1S/C23H29N5O6/c1-14(2)34-22(30)20-15(3)26-23-24-13-25-28(23)21(20)16-5-6-17(18(11-16)31-4)33-12-19(29)27-7-9-32-10-8-27/h5-6,11,13-14,21H,7-10,12H2,1-4H3,(H,24,25,26). The molecule has 2 aliphatic rings. The van der Waals surface area contributed by atoms with Gasteiger partial charge in [-0.25, -0.2) is 9.48 Å². The van der Waals surface area contributed by atoms with Crippen LogP contribution in [0.5, 0.6) is 11.5 Å². The van der Waals surface area contributed by atoms with Crippen LogP contribution < -0.4 is 14.8 Å². The van der Waals surface area contributed by atoms with E-state index in [9.17, 15) is 9.59 Å². The molecule has 0 aliphatic carbocycles. The first-order chi connectivity index (χ1) is 16.4. The maximum absolute atomic E-state index is 13.0. The minimum atomic E-state index is -0.581. The SMILES string of the molecule is COc1cc(C2C(C(=O)OC(C)C)=C(C)Nc3ncnn32)ccc1OCC(=O)N1CCOCC1. The molecule has 1 amide bonds. The molecule has 1 saturated heterocycles. The fourth-order valence-electron chi connectivity index (χ4n) is 3.96. The molecule has 2 aliphatic heterocycles. The van der Waals surface area contributed by atoms with Crippen molar-refractivity contribution >= 4 is 17.8 Å². The second-order valence-corrected chi connectivity index (χ2v) is 8.24. The number of carbonyl (C=O) groups is 2. The number of fused-ring (bicyclic) bond motifs is 1. The van der Waals surface area contributed by atoms with Gasteiger partial charge in [-0.05, 0) is 38.5 Å². The Kier molecular flexibility index (Phi) is 7.01. The van der Waals surface area contributed by atoms with Crippen molar-refractivity contribution in [2.45, 2.75) is 32.9 Å². The first kappa shape index (κ1) is 23.6. The summed E-state index contributed by atoms with van der Waals surface area (Å²) < 4.78 is 23.7. The lowest BCUT2D eigenvalue weighted by Gasteiger charge is -2.29. The minimum absolute atomic E-state index is 0.110. The Bertz CT molecular complexity index is 1090. The molecular weight excluding hydrogens is 442 g/mol. The minimum Gasteiger partial charge on any atom is -0.493 e. The third-order valence-corrected chi connectivity index (χ3v) is 5.58. The predicted octanol–water partition coefficient (Wildman–Crippen LogP) is 1.76. The van der Waals surface area contributed by atoms with Crippen molar-refractivity contribution < 1.29 is 28.5 Å². The first-order valence-electron chi connectivity index (χ1n) is 11.1. The van der Waals surface area contributed by atoms with E-state index in [0.29, 0.717) is 55.0 Å². The van der Waals surface area contributed by atoms with Crippen LogP contribution >= 0.6 is 0 Å². The van der Waals surface area contributed by atoms with Crippen molar-refractivity contribution in [3.63, 3.8) is 0 Å². The summed E-state index contributed by atoms with van der Waals surface area (Å²) in [6.45, 7) is 7.44. The van der Waals surface area contributed by atoms with Gasteiger partial charge in [0.2, 0.25) is 5.95 Å². The van der Waals surface area contributed by atoms with Crippen LogP contribution in [0.25, 0.3) is 0 Å². The van der Waals surface area contributed by atoms with E-state index in [-0.39, 0.29) is 18.6 Å². The van der Waals surface area contributed by atoms with E-state index >= 15 is 0 Å². The van der Waals surface area contributed by atoms with Crippen LogP contribution in [0.3, 0.4) is 0 Å². The van der Waals surface area contributed by atoms with E-state index in [4.69, 9.17) is 18.9 Å². The molecule has 11 heteroatoms. The van der Waals surface area contributed by atoms with Crippen LogP contribution in [0, 0.1) is 0 Å². The van der Waals surface area contributed by atoms with Crippen LogP contribution in [0.1, 0.15) is 32.4 Å². The number of hydrogen-bond donors (Lipinski definition) is 1. The average Bonchev–Trinajstić information content (AvgIpc) is 3.29. The molecule has 1 N–H and O–H groups in total. The maximum atomic E-state index is 13.0. The largest absolute Gasteiger partial charge is 0.493 e. The number of anilines is 1. The Hall–Kier alpha value is -3.60. The molecule has 1 aromatic carbocycles. The number of methoxy groups -OCH3 is 1. The van der Waals surface area contributed by atoms with Gasteiger partial charge in [-0.15, -0.1) is 0 Å². The van der Waals surface area contributed by atoms with Gasteiger partial charge in [0.15, 0.2) is 18.1 Å². The topological polar surface area (TPSA) is 117 Å². The molecule has 1 unspecified atom stereocenters. The third kappa shape index (κ3) is 4.84. The molecule has 0 bridgehead atoms. The highest BCUT2D eigenvalue weighted by atomic mass is 16.5. The molecule has 11 nitrogen and oxygen atoms in total. The zero-order valence-corrected chi connectivity index (χ0v) is 19.7. The lowest BCUT2D eigenvalue weighted by atomic mass is 9.95. The molecule has 4 rings (SSSR count).